The Hall–Kier alpha value is -0.880. The standard InChI is InChI=1S/C13H19BrN4O/c1-17-13(19)12(14)11(5-16-17)18-6-8-2-3-10(15)4-9(8)7-18/h5,8-10H,2-4,6-7,15H2,1H3/t8-,9+,10?/m1/s1. The first kappa shape index (κ1) is 13.1. The molecule has 0 spiro atoms. The number of rotatable bonds is 1. The van der Waals surface area contributed by atoms with E-state index >= 15 is 0 Å². The number of anilines is 1. The van der Waals surface area contributed by atoms with Crippen LogP contribution in [0, 0.1) is 11.8 Å². The lowest BCUT2D eigenvalue weighted by Crippen LogP contribution is -2.32. The van der Waals surface area contributed by atoms with E-state index < -0.39 is 0 Å². The van der Waals surface area contributed by atoms with Crippen molar-refractivity contribution in [3.8, 4) is 0 Å². The van der Waals surface area contributed by atoms with Gasteiger partial charge in [-0.05, 0) is 47.0 Å². The van der Waals surface area contributed by atoms with Crippen molar-refractivity contribution in [1.82, 2.24) is 9.78 Å². The van der Waals surface area contributed by atoms with Crippen LogP contribution in [-0.4, -0.2) is 28.9 Å². The minimum Gasteiger partial charge on any atom is -0.369 e. The van der Waals surface area contributed by atoms with Gasteiger partial charge in [-0.1, -0.05) is 0 Å². The average molecular weight is 327 g/mol. The Balaban J connectivity index is 1.85. The van der Waals surface area contributed by atoms with Crippen molar-refractivity contribution >= 4 is 21.6 Å². The Labute approximate surface area is 120 Å². The van der Waals surface area contributed by atoms with E-state index in [1.54, 1.807) is 13.2 Å². The van der Waals surface area contributed by atoms with E-state index in [2.05, 4.69) is 25.9 Å². The lowest BCUT2D eigenvalue weighted by atomic mass is 9.79. The molecule has 3 rings (SSSR count). The predicted molar refractivity (Wildman–Crippen MR) is 78.2 cm³/mol. The Kier molecular flexibility index (Phi) is 3.39. The van der Waals surface area contributed by atoms with Crippen molar-refractivity contribution in [1.29, 1.82) is 0 Å². The van der Waals surface area contributed by atoms with Gasteiger partial charge in [0, 0.05) is 26.2 Å². The van der Waals surface area contributed by atoms with Crippen molar-refractivity contribution in [2.24, 2.45) is 24.6 Å². The number of hydrogen-bond acceptors (Lipinski definition) is 4. The molecule has 1 saturated carbocycles. The molecule has 2 aliphatic rings. The Morgan fingerprint density at radius 3 is 2.89 bits per heavy atom. The summed E-state index contributed by atoms with van der Waals surface area (Å²) in [7, 11) is 1.67. The fraction of sp³-hybridized carbons (Fsp3) is 0.692. The van der Waals surface area contributed by atoms with Crippen LogP contribution >= 0.6 is 15.9 Å². The molecule has 1 aromatic rings. The maximum atomic E-state index is 11.9. The van der Waals surface area contributed by atoms with Crippen LogP contribution in [0.4, 0.5) is 5.69 Å². The summed E-state index contributed by atoms with van der Waals surface area (Å²) in [6, 6.07) is 0.353. The molecule has 2 heterocycles. The molecule has 2 N–H and O–H groups in total. The molecule has 1 aliphatic heterocycles. The van der Waals surface area contributed by atoms with E-state index in [9.17, 15) is 4.79 Å². The molecule has 0 aromatic carbocycles. The zero-order valence-corrected chi connectivity index (χ0v) is 12.6. The molecule has 2 fully saturated rings. The summed E-state index contributed by atoms with van der Waals surface area (Å²) in [6.07, 6.45) is 5.23. The SMILES string of the molecule is Cn1ncc(N2C[C@H]3CCC(N)C[C@H]3C2)c(Br)c1=O. The maximum absolute atomic E-state index is 11.9. The molecule has 0 amide bonds. The quantitative estimate of drug-likeness (QED) is 0.839. The number of nitrogens with zero attached hydrogens (tertiary/aromatic N) is 3. The number of aromatic nitrogens is 2. The van der Waals surface area contributed by atoms with Gasteiger partial charge in [-0.3, -0.25) is 4.79 Å². The van der Waals surface area contributed by atoms with Gasteiger partial charge in [0.15, 0.2) is 0 Å². The fourth-order valence-electron chi connectivity index (χ4n) is 3.39. The van der Waals surface area contributed by atoms with Gasteiger partial charge >= 0.3 is 0 Å². The molecule has 104 valence electrons. The smallest absolute Gasteiger partial charge is 0.282 e. The van der Waals surface area contributed by atoms with E-state index in [1.165, 1.54) is 11.1 Å². The summed E-state index contributed by atoms with van der Waals surface area (Å²) in [5.41, 5.74) is 6.90. The first-order valence-electron chi connectivity index (χ1n) is 6.78. The average Bonchev–Trinajstić information content (AvgIpc) is 2.78. The number of fused-ring (bicyclic) bond motifs is 1. The van der Waals surface area contributed by atoms with E-state index in [-0.39, 0.29) is 5.56 Å². The highest BCUT2D eigenvalue weighted by Gasteiger charge is 2.37. The third-order valence-corrected chi connectivity index (χ3v) is 5.24. The van der Waals surface area contributed by atoms with Crippen LogP contribution in [0.15, 0.2) is 15.5 Å². The third kappa shape index (κ3) is 2.31. The van der Waals surface area contributed by atoms with Crippen molar-refractivity contribution in [3.05, 3.63) is 21.0 Å². The topological polar surface area (TPSA) is 64.2 Å². The van der Waals surface area contributed by atoms with Crippen LogP contribution in [0.2, 0.25) is 0 Å². The second-order valence-corrected chi connectivity index (χ2v) is 6.56. The monoisotopic (exact) mass is 326 g/mol. The van der Waals surface area contributed by atoms with Gasteiger partial charge in [-0.15, -0.1) is 0 Å². The van der Waals surface area contributed by atoms with Crippen molar-refractivity contribution in [3.63, 3.8) is 0 Å². The van der Waals surface area contributed by atoms with Gasteiger partial charge in [0.05, 0.1) is 11.9 Å². The normalized spacial score (nSPS) is 30.5. The van der Waals surface area contributed by atoms with E-state index in [0.717, 1.165) is 37.5 Å². The van der Waals surface area contributed by atoms with Gasteiger partial charge in [0.1, 0.15) is 4.47 Å². The lowest BCUT2D eigenvalue weighted by molar-refractivity contribution is 0.271. The zero-order valence-electron chi connectivity index (χ0n) is 11.1. The molecule has 1 aliphatic carbocycles. The van der Waals surface area contributed by atoms with Crippen LogP contribution in [0.25, 0.3) is 0 Å². The fourth-order valence-corrected chi connectivity index (χ4v) is 4.00. The zero-order chi connectivity index (χ0) is 13.6. The van der Waals surface area contributed by atoms with Crippen LogP contribution < -0.4 is 16.2 Å². The molecule has 19 heavy (non-hydrogen) atoms. The van der Waals surface area contributed by atoms with Crippen molar-refractivity contribution in [2.75, 3.05) is 18.0 Å². The Morgan fingerprint density at radius 1 is 1.37 bits per heavy atom. The summed E-state index contributed by atoms with van der Waals surface area (Å²) in [5, 5.41) is 4.12. The summed E-state index contributed by atoms with van der Waals surface area (Å²) in [5.74, 6) is 1.38. The number of hydrogen-bond donors (Lipinski definition) is 1. The van der Waals surface area contributed by atoms with E-state index in [0.29, 0.717) is 16.4 Å². The van der Waals surface area contributed by atoms with E-state index in [4.69, 9.17) is 5.73 Å². The van der Waals surface area contributed by atoms with Crippen LogP contribution in [-0.2, 0) is 7.05 Å². The number of nitrogens with two attached hydrogens (primary N) is 1. The van der Waals surface area contributed by atoms with Gasteiger partial charge < -0.3 is 10.6 Å². The summed E-state index contributed by atoms with van der Waals surface area (Å²) >= 11 is 3.41. The molecule has 6 heteroatoms. The third-order valence-electron chi connectivity index (χ3n) is 4.49. The molecule has 1 unspecified atom stereocenters. The Bertz CT molecular complexity index is 544. The molecule has 1 aromatic heterocycles. The molecule has 0 radical (unpaired) electrons. The van der Waals surface area contributed by atoms with E-state index in [1.807, 2.05) is 0 Å². The molecule has 1 saturated heterocycles. The summed E-state index contributed by atoms with van der Waals surface area (Å²) in [4.78, 5) is 14.2. The van der Waals surface area contributed by atoms with Crippen LogP contribution in [0.1, 0.15) is 19.3 Å². The molecular weight excluding hydrogens is 308 g/mol. The van der Waals surface area contributed by atoms with Gasteiger partial charge in [0.25, 0.3) is 5.56 Å². The molecular formula is C13H19BrN4O. The highest BCUT2D eigenvalue weighted by molar-refractivity contribution is 9.10. The van der Waals surface area contributed by atoms with Crippen molar-refractivity contribution < 1.29 is 0 Å². The predicted octanol–water partition coefficient (Wildman–Crippen LogP) is 1.11. The van der Waals surface area contributed by atoms with Gasteiger partial charge in [-0.25, -0.2) is 4.68 Å². The first-order valence-corrected chi connectivity index (χ1v) is 7.58. The van der Waals surface area contributed by atoms with Gasteiger partial charge in [-0.2, -0.15) is 5.10 Å². The van der Waals surface area contributed by atoms with Crippen LogP contribution in [0.3, 0.4) is 0 Å². The minimum absolute atomic E-state index is 0.0796. The Morgan fingerprint density at radius 2 is 2.11 bits per heavy atom. The highest BCUT2D eigenvalue weighted by atomic mass is 79.9. The lowest BCUT2D eigenvalue weighted by Gasteiger charge is -2.27. The molecule has 3 atom stereocenters. The highest BCUT2D eigenvalue weighted by Crippen LogP contribution is 2.38. The summed E-state index contributed by atoms with van der Waals surface area (Å²) in [6.45, 7) is 2.01. The van der Waals surface area contributed by atoms with Crippen molar-refractivity contribution in [2.45, 2.75) is 25.3 Å². The molecule has 0 bridgehead atoms. The second kappa shape index (κ2) is 4.90. The minimum atomic E-state index is -0.0796. The van der Waals surface area contributed by atoms with Crippen LogP contribution in [0.5, 0.6) is 0 Å². The number of aryl methyl sites for hydroxylation is 1. The second-order valence-electron chi connectivity index (χ2n) is 5.77. The summed E-state index contributed by atoms with van der Waals surface area (Å²) < 4.78 is 1.97. The first-order chi connectivity index (χ1) is 9.06. The number of halogens is 1. The molecule has 5 nitrogen and oxygen atoms in total. The largest absolute Gasteiger partial charge is 0.369 e. The van der Waals surface area contributed by atoms with Gasteiger partial charge in [0.2, 0.25) is 0 Å². The maximum Gasteiger partial charge on any atom is 0.282 e.